The number of benzene rings is 1. The molecule has 2 saturated heterocycles. The Morgan fingerprint density at radius 3 is 2.57 bits per heavy atom. The number of para-hydroxylation sites is 1. The molecule has 2 aliphatic heterocycles. The number of rotatable bonds is 4. The van der Waals surface area contributed by atoms with Gasteiger partial charge in [-0.15, -0.1) is 12.4 Å². The van der Waals surface area contributed by atoms with Gasteiger partial charge in [-0.05, 0) is 43.4 Å². The summed E-state index contributed by atoms with van der Waals surface area (Å²) in [5.41, 5.74) is 0.459. The van der Waals surface area contributed by atoms with Crippen molar-refractivity contribution in [2.45, 2.75) is 26.2 Å². The predicted molar refractivity (Wildman–Crippen MR) is 94.1 cm³/mol. The van der Waals surface area contributed by atoms with E-state index in [2.05, 4.69) is 5.32 Å². The Bertz CT molecular complexity index is 493. The summed E-state index contributed by atoms with van der Waals surface area (Å²) in [6.45, 7) is 6.47. The summed E-state index contributed by atoms with van der Waals surface area (Å²) in [4.78, 5) is 14.6. The number of carbonyl (C=O) groups excluding carboxylic acids is 1. The lowest BCUT2D eigenvalue weighted by atomic mass is 9.77. The number of carbonyl (C=O) groups is 1. The van der Waals surface area contributed by atoms with Gasteiger partial charge in [-0.2, -0.15) is 0 Å². The molecule has 128 valence electrons. The molecule has 1 atom stereocenters. The number of amides is 1. The highest BCUT2D eigenvalue weighted by atomic mass is 35.5. The van der Waals surface area contributed by atoms with Crippen molar-refractivity contribution in [1.82, 2.24) is 10.2 Å². The lowest BCUT2D eigenvalue weighted by Crippen LogP contribution is -2.46. The molecule has 0 radical (unpaired) electrons. The van der Waals surface area contributed by atoms with Crippen molar-refractivity contribution in [3.63, 3.8) is 0 Å². The van der Waals surface area contributed by atoms with Crippen LogP contribution in [-0.2, 0) is 4.79 Å². The van der Waals surface area contributed by atoms with E-state index in [4.69, 9.17) is 4.74 Å². The second kappa shape index (κ2) is 8.02. The molecule has 1 spiro atoms. The van der Waals surface area contributed by atoms with Gasteiger partial charge in [0, 0.05) is 19.6 Å². The summed E-state index contributed by atoms with van der Waals surface area (Å²) in [6.07, 6.45) is 3.54. The van der Waals surface area contributed by atoms with Gasteiger partial charge in [-0.3, -0.25) is 4.79 Å². The zero-order chi connectivity index (χ0) is 15.4. The van der Waals surface area contributed by atoms with Gasteiger partial charge in [-0.25, -0.2) is 0 Å². The smallest absolute Gasteiger partial charge is 0.228 e. The summed E-state index contributed by atoms with van der Waals surface area (Å²) in [5.74, 6) is 0.976. The van der Waals surface area contributed by atoms with Crippen LogP contribution in [0.3, 0.4) is 0 Å². The molecule has 2 aliphatic rings. The third-order valence-electron chi connectivity index (χ3n) is 5.13. The molecule has 2 heterocycles. The Kier molecular flexibility index (Phi) is 6.31. The van der Waals surface area contributed by atoms with Crippen LogP contribution in [0.25, 0.3) is 0 Å². The number of hydrogen-bond donors (Lipinski definition) is 1. The van der Waals surface area contributed by atoms with Crippen LogP contribution in [0.4, 0.5) is 0 Å². The molecule has 1 aromatic rings. The Morgan fingerprint density at radius 1 is 1.26 bits per heavy atom. The van der Waals surface area contributed by atoms with E-state index in [0.717, 1.165) is 44.8 Å². The highest BCUT2D eigenvalue weighted by Gasteiger charge is 2.38. The van der Waals surface area contributed by atoms with E-state index in [9.17, 15) is 4.79 Å². The average molecular weight is 339 g/mol. The molecule has 1 unspecified atom stereocenters. The van der Waals surface area contributed by atoms with Crippen LogP contribution in [0.1, 0.15) is 26.2 Å². The molecular weight excluding hydrogens is 312 g/mol. The first-order valence-corrected chi connectivity index (χ1v) is 8.36. The highest BCUT2D eigenvalue weighted by Crippen LogP contribution is 2.37. The van der Waals surface area contributed by atoms with Gasteiger partial charge < -0.3 is 15.0 Å². The van der Waals surface area contributed by atoms with Gasteiger partial charge in [0.1, 0.15) is 5.75 Å². The van der Waals surface area contributed by atoms with Gasteiger partial charge in [-0.1, -0.05) is 25.1 Å². The van der Waals surface area contributed by atoms with Crippen molar-refractivity contribution in [3.8, 4) is 5.75 Å². The minimum Gasteiger partial charge on any atom is -0.493 e. The van der Waals surface area contributed by atoms with Gasteiger partial charge in [0.05, 0.1) is 12.5 Å². The van der Waals surface area contributed by atoms with Crippen LogP contribution < -0.4 is 10.1 Å². The number of halogens is 1. The van der Waals surface area contributed by atoms with E-state index >= 15 is 0 Å². The topological polar surface area (TPSA) is 41.6 Å². The molecule has 3 rings (SSSR count). The van der Waals surface area contributed by atoms with Crippen molar-refractivity contribution in [2.75, 3.05) is 32.8 Å². The normalized spacial score (nSPS) is 20.8. The van der Waals surface area contributed by atoms with Crippen LogP contribution in [0, 0.1) is 11.3 Å². The second-order valence-corrected chi connectivity index (χ2v) is 6.78. The summed E-state index contributed by atoms with van der Waals surface area (Å²) in [6, 6.07) is 9.70. The van der Waals surface area contributed by atoms with Crippen molar-refractivity contribution >= 4 is 18.3 Å². The van der Waals surface area contributed by atoms with Crippen molar-refractivity contribution in [2.24, 2.45) is 11.3 Å². The van der Waals surface area contributed by atoms with Gasteiger partial charge >= 0.3 is 0 Å². The number of likely N-dealkylation sites (tertiary alicyclic amines) is 1. The monoisotopic (exact) mass is 338 g/mol. The lowest BCUT2D eigenvalue weighted by Gasteiger charge is -2.39. The van der Waals surface area contributed by atoms with Crippen LogP contribution >= 0.6 is 12.4 Å². The quantitative estimate of drug-likeness (QED) is 0.917. The van der Waals surface area contributed by atoms with Crippen molar-refractivity contribution < 1.29 is 9.53 Å². The van der Waals surface area contributed by atoms with Crippen LogP contribution in [0.5, 0.6) is 5.75 Å². The fourth-order valence-corrected chi connectivity index (χ4v) is 3.54. The maximum Gasteiger partial charge on any atom is 0.228 e. The molecule has 1 aromatic carbocycles. The van der Waals surface area contributed by atoms with Gasteiger partial charge in [0.25, 0.3) is 0 Å². The van der Waals surface area contributed by atoms with Crippen LogP contribution in [0.2, 0.25) is 0 Å². The number of nitrogens with zero attached hydrogens (tertiary/aromatic N) is 1. The Morgan fingerprint density at radius 2 is 1.96 bits per heavy atom. The fraction of sp³-hybridized carbons (Fsp3) is 0.611. The van der Waals surface area contributed by atoms with E-state index in [1.54, 1.807) is 0 Å². The van der Waals surface area contributed by atoms with E-state index < -0.39 is 0 Å². The van der Waals surface area contributed by atoms with Crippen LogP contribution in [0.15, 0.2) is 30.3 Å². The molecule has 0 bridgehead atoms. The first kappa shape index (κ1) is 18.1. The van der Waals surface area contributed by atoms with Gasteiger partial charge in [0.15, 0.2) is 0 Å². The van der Waals surface area contributed by atoms with Crippen molar-refractivity contribution in [3.05, 3.63) is 30.3 Å². The SMILES string of the molecule is CC(COc1ccccc1)C(=O)N1CCC2(CCNC2)CC1.Cl. The third kappa shape index (κ3) is 4.39. The molecule has 23 heavy (non-hydrogen) atoms. The van der Waals surface area contributed by atoms with Crippen molar-refractivity contribution in [1.29, 1.82) is 0 Å². The number of piperidine rings is 1. The maximum atomic E-state index is 12.6. The van der Waals surface area contributed by atoms with Crippen LogP contribution in [-0.4, -0.2) is 43.6 Å². The zero-order valence-corrected chi connectivity index (χ0v) is 14.6. The Hall–Kier alpha value is -1.26. The second-order valence-electron chi connectivity index (χ2n) is 6.78. The molecule has 4 nitrogen and oxygen atoms in total. The lowest BCUT2D eigenvalue weighted by molar-refractivity contribution is -0.138. The van der Waals surface area contributed by atoms with E-state index in [-0.39, 0.29) is 24.2 Å². The molecule has 0 saturated carbocycles. The standard InChI is InChI=1S/C18H26N2O2.ClH/c1-15(13-22-16-5-3-2-4-6-16)17(21)20-11-8-18(9-12-20)7-10-19-14-18;/h2-6,15,19H,7-14H2,1H3;1H. The highest BCUT2D eigenvalue weighted by molar-refractivity contribution is 5.85. The van der Waals surface area contributed by atoms with E-state index in [1.165, 1.54) is 6.42 Å². The minimum atomic E-state index is -0.0871. The summed E-state index contributed by atoms with van der Waals surface area (Å²) in [7, 11) is 0. The molecule has 0 aliphatic carbocycles. The Balaban J connectivity index is 0.00000192. The molecule has 0 aromatic heterocycles. The summed E-state index contributed by atoms with van der Waals surface area (Å²) < 4.78 is 5.72. The fourth-order valence-electron chi connectivity index (χ4n) is 3.54. The number of hydrogen-bond acceptors (Lipinski definition) is 3. The molecule has 5 heteroatoms. The van der Waals surface area contributed by atoms with Gasteiger partial charge in [0.2, 0.25) is 5.91 Å². The third-order valence-corrected chi connectivity index (χ3v) is 5.13. The zero-order valence-electron chi connectivity index (χ0n) is 13.8. The number of nitrogens with one attached hydrogen (secondary N) is 1. The summed E-state index contributed by atoms with van der Waals surface area (Å²) in [5, 5.41) is 3.46. The largest absolute Gasteiger partial charge is 0.493 e. The van der Waals surface area contributed by atoms with E-state index in [0.29, 0.717) is 12.0 Å². The maximum absolute atomic E-state index is 12.6. The van der Waals surface area contributed by atoms with E-state index in [1.807, 2.05) is 42.2 Å². The predicted octanol–water partition coefficient (Wildman–Crippen LogP) is 2.73. The molecule has 1 amide bonds. The number of ether oxygens (including phenoxy) is 1. The average Bonchev–Trinajstić information content (AvgIpc) is 3.02. The molecule has 1 N–H and O–H groups in total. The molecule has 2 fully saturated rings. The first-order valence-electron chi connectivity index (χ1n) is 8.36. The first-order chi connectivity index (χ1) is 10.7. The molecular formula is C18H27ClN2O2. The summed E-state index contributed by atoms with van der Waals surface area (Å²) >= 11 is 0. The minimum absolute atomic E-state index is 0. The Labute approximate surface area is 145 Å².